The highest BCUT2D eigenvalue weighted by atomic mass is 35.5. The van der Waals surface area contributed by atoms with Crippen LogP contribution in [-0.4, -0.2) is 28.0 Å². The minimum atomic E-state index is -0.413. The molecule has 1 aromatic heterocycles. The standard InChI is InChI=1S/C17H20ClN5O2/c1-12-5-4-8-22(10-12)17-15(23(24)25)16(20-11-21-17)19-9-13-6-2-3-7-14(13)18/h2-3,6-7,11-12H,4-5,8-10H2,1H3,(H,19,20,21). The molecule has 0 spiro atoms. The minimum absolute atomic E-state index is 0.0800. The number of piperidine rings is 1. The Morgan fingerprint density at radius 1 is 1.40 bits per heavy atom. The van der Waals surface area contributed by atoms with Crippen molar-refractivity contribution < 1.29 is 4.92 Å². The van der Waals surface area contributed by atoms with Crippen molar-refractivity contribution in [2.45, 2.75) is 26.3 Å². The number of anilines is 2. The number of benzene rings is 1. The Labute approximate surface area is 151 Å². The quantitative estimate of drug-likeness (QED) is 0.642. The van der Waals surface area contributed by atoms with Gasteiger partial charge in [0.15, 0.2) is 0 Å². The molecule has 7 nitrogen and oxygen atoms in total. The molecule has 25 heavy (non-hydrogen) atoms. The van der Waals surface area contributed by atoms with Gasteiger partial charge in [0.1, 0.15) is 6.33 Å². The molecule has 132 valence electrons. The Balaban J connectivity index is 1.87. The van der Waals surface area contributed by atoms with Crippen LogP contribution in [0, 0.1) is 16.0 Å². The maximum absolute atomic E-state index is 11.7. The van der Waals surface area contributed by atoms with E-state index >= 15 is 0 Å². The Hall–Kier alpha value is -2.41. The van der Waals surface area contributed by atoms with E-state index < -0.39 is 4.92 Å². The average Bonchev–Trinajstić information content (AvgIpc) is 2.60. The molecule has 1 aliphatic rings. The molecule has 1 fully saturated rings. The Morgan fingerprint density at radius 2 is 2.20 bits per heavy atom. The molecule has 3 rings (SSSR count). The van der Waals surface area contributed by atoms with E-state index in [1.807, 2.05) is 23.1 Å². The van der Waals surface area contributed by atoms with Crippen molar-refractivity contribution in [3.63, 3.8) is 0 Å². The molecule has 0 radical (unpaired) electrons. The van der Waals surface area contributed by atoms with E-state index in [2.05, 4.69) is 22.2 Å². The minimum Gasteiger partial charge on any atom is -0.360 e. The molecule has 1 saturated heterocycles. The molecule has 1 atom stereocenters. The summed E-state index contributed by atoms with van der Waals surface area (Å²) in [5, 5.41) is 15.3. The molecule has 0 bridgehead atoms. The van der Waals surface area contributed by atoms with Crippen LogP contribution in [0.5, 0.6) is 0 Å². The van der Waals surface area contributed by atoms with E-state index in [4.69, 9.17) is 11.6 Å². The van der Waals surface area contributed by atoms with Gasteiger partial charge in [-0.05, 0) is 30.4 Å². The summed E-state index contributed by atoms with van der Waals surface area (Å²) in [7, 11) is 0. The Morgan fingerprint density at radius 3 is 2.92 bits per heavy atom. The summed E-state index contributed by atoms with van der Waals surface area (Å²) in [6, 6.07) is 7.37. The monoisotopic (exact) mass is 361 g/mol. The van der Waals surface area contributed by atoms with Crippen LogP contribution in [0.3, 0.4) is 0 Å². The molecule has 1 aromatic carbocycles. The molecule has 0 aliphatic carbocycles. The Bertz CT molecular complexity index is 770. The van der Waals surface area contributed by atoms with Crippen molar-refractivity contribution in [3.05, 3.63) is 51.3 Å². The summed E-state index contributed by atoms with van der Waals surface area (Å²) in [4.78, 5) is 21.5. The first-order valence-corrected chi connectivity index (χ1v) is 8.65. The van der Waals surface area contributed by atoms with Crippen molar-refractivity contribution in [1.82, 2.24) is 9.97 Å². The van der Waals surface area contributed by atoms with Gasteiger partial charge in [0.25, 0.3) is 0 Å². The summed E-state index contributed by atoms with van der Waals surface area (Å²) in [5.74, 6) is 1.09. The van der Waals surface area contributed by atoms with E-state index in [0.717, 1.165) is 31.5 Å². The lowest BCUT2D eigenvalue weighted by molar-refractivity contribution is -0.383. The van der Waals surface area contributed by atoms with Gasteiger partial charge < -0.3 is 10.2 Å². The molecule has 2 aromatic rings. The zero-order valence-corrected chi connectivity index (χ0v) is 14.7. The lowest BCUT2D eigenvalue weighted by Crippen LogP contribution is -2.35. The number of hydrogen-bond donors (Lipinski definition) is 1. The van der Waals surface area contributed by atoms with Crippen molar-refractivity contribution in [2.75, 3.05) is 23.3 Å². The number of rotatable bonds is 5. The zero-order valence-electron chi connectivity index (χ0n) is 14.0. The van der Waals surface area contributed by atoms with Crippen molar-refractivity contribution in [1.29, 1.82) is 0 Å². The zero-order chi connectivity index (χ0) is 17.8. The van der Waals surface area contributed by atoms with E-state index in [1.165, 1.54) is 6.33 Å². The third-order valence-electron chi connectivity index (χ3n) is 4.35. The molecule has 8 heteroatoms. The number of hydrogen-bond acceptors (Lipinski definition) is 6. The van der Waals surface area contributed by atoms with Gasteiger partial charge in [-0.25, -0.2) is 9.97 Å². The number of nitrogens with one attached hydrogen (secondary N) is 1. The van der Waals surface area contributed by atoms with E-state index in [-0.39, 0.29) is 11.5 Å². The maximum Gasteiger partial charge on any atom is 0.353 e. The fraction of sp³-hybridized carbons (Fsp3) is 0.412. The highest BCUT2D eigenvalue weighted by molar-refractivity contribution is 6.31. The van der Waals surface area contributed by atoms with Gasteiger partial charge in [0.05, 0.1) is 4.92 Å². The third kappa shape index (κ3) is 3.99. The molecule has 0 saturated carbocycles. The van der Waals surface area contributed by atoms with Gasteiger partial charge in [-0.1, -0.05) is 36.7 Å². The first kappa shape index (κ1) is 17.4. The molecule has 1 aliphatic heterocycles. The van der Waals surface area contributed by atoms with Gasteiger partial charge in [-0.15, -0.1) is 0 Å². The summed E-state index contributed by atoms with van der Waals surface area (Å²) in [5.41, 5.74) is 0.772. The second-order valence-electron chi connectivity index (χ2n) is 6.29. The second kappa shape index (κ2) is 7.65. The van der Waals surface area contributed by atoms with Crippen LogP contribution in [0.25, 0.3) is 0 Å². The van der Waals surface area contributed by atoms with Gasteiger partial charge >= 0.3 is 5.69 Å². The van der Waals surface area contributed by atoms with Crippen molar-refractivity contribution in [3.8, 4) is 0 Å². The van der Waals surface area contributed by atoms with Gasteiger partial charge in [0.2, 0.25) is 11.6 Å². The summed E-state index contributed by atoms with van der Waals surface area (Å²) < 4.78 is 0. The summed E-state index contributed by atoms with van der Waals surface area (Å²) in [6.45, 7) is 4.04. The maximum atomic E-state index is 11.7. The van der Waals surface area contributed by atoms with Crippen LogP contribution < -0.4 is 10.2 Å². The molecule has 1 unspecified atom stereocenters. The van der Waals surface area contributed by atoms with Crippen LogP contribution in [0.4, 0.5) is 17.3 Å². The van der Waals surface area contributed by atoms with Crippen LogP contribution in [-0.2, 0) is 6.54 Å². The largest absolute Gasteiger partial charge is 0.360 e. The number of halogens is 1. The predicted octanol–water partition coefficient (Wildman–Crippen LogP) is 3.89. The van der Waals surface area contributed by atoms with Crippen LogP contribution in [0.2, 0.25) is 5.02 Å². The lowest BCUT2D eigenvalue weighted by atomic mass is 10.0. The van der Waals surface area contributed by atoms with Crippen molar-refractivity contribution in [2.24, 2.45) is 5.92 Å². The van der Waals surface area contributed by atoms with Crippen LogP contribution >= 0.6 is 11.6 Å². The third-order valence-corrected chi connectivity index (χ3v) is 4.71. The van der Waals surface area contributed by atoms with Crippen LogP contribution in [0.15, 0.2) is 30.6 Å². The molecule has 0 amide bonds. The molecule has 1 N–H and O–H groups in total. The number of nitrogens with zero attached hydrogens (tertiary/aromatic N) is 4. The Kier molecular flexibility index (Phi) is 5.33. The topological polar surface area (TPSA) is 84.2 Å². The molecular weight excluding hydrogens is 342 g/mol. The SMILES string of the molecule is CC1CCCN(c2ncnc(NCc3ccccc3Cl)c2[N+](=O)[O-])C1. The fourth-order valence-corrected chi connectivity index (χ4v) is 3.30. The van der Waals surface area contributed by atoms with Gasteiger partial charge in [0, 0.05) is 24.7 Å². The lowest BCUT2D eigenvalue weighted by Gasteiger charge is -2.31. The van der Waals surface area contributed by atoms with Crippen LogP contribution in [0.1, 0.15) is 25.3 Å². The molecule has 2 heterocycles. The van der Waals surface area contributed by atoms with Gasteiger partial charge in [-0.3, -0.25) is 10.1 Å². The summed E-state index contributed by atoms with van der Waals surface area (Å²) in [6.07, 6.45) is 3.51. The van der Waals surface area contributed by atoms with E-state index in [9.17, 15) is 10.1 Å². The number of aromatic nitrogens is 2. The molecular formula is C17H20ClN5O2. The second-order valence-corrected chi connectivity index (χ2v) is 6.70. The first-order valence-electron chi connectivity index (χ1n) is 8.28. The average molecular weight is 362 g/mol. The normalized spacial score (nSPS) is 17.4. The smallest absolute Gasteiger partial charge is 0.353 e. The van der Waals surface area contributed by atoms with Gasteiger partial charge in [-0.2, -0.15) is 0 Å². The fourth-order valence-electron chi connectivity index (χ4n) is 3.10. The van der Waals surface area contributed by atoms with E-state index in [0.29, 0.717) is 23.3 Å². The van der Waals surface area contributed by atoms with E-state index in [1.54, 1.807) is 6.07 Å². The highest BCUT2D eigenvalue weighted by Gasteiger charge is 2.29. The first-order chi connectivity index (χ1) is 12.1. The number of nitro groups is 1. The van der Waals surface area contributed by atoms with Crippen molar-refractivity contribution >= 4 is 28.9 Å². The highest BCUT2D eigenvalue weighted by Crippen LogP contribution is 2.34. The summed E-state index contributed by atoms with van der Waals surface area (Å²) >= 11 is 6.15. The predicted molar refractivity (Wildman–Crippen MR) is 98.1 cm³/mol.